The van der Waals surface area contributed by atoms with Crippen molar-refractivity contribution in [2.75, 3.05) is 4.72 Å². The average Bonchev–Trinajstić information content (AvgIpc) is 2.97. The smallest absolute Gasteiger partial charge is 0.280 e. The zero-order valence-electron chi connectivity index (χ0n) is 14.8. The highest BCUT2D eigenvalue weighted by Crippen LogP contribution is 2.25. The van der Waals surface area contributed by atoms with Crippen LogP contribution in [0.3, 0.4) is 0 Å². The molecule has 4 rings (SSSR count). The van der Waals surface area contributed by atoms with Crippen molar-refractivity contribution >= 4 is 33.0 Å². The fourth-order valence-electron chi connectivity index (χ4n) is 2.88. The van der Waals surface area contributed by atoms with Gasteiger partial charge in [0.1, 0.15) is 10.7 Å². The van der Waals surface area contributed by atoms with E-state index in [1.54, 1.807) is 48.7 Å². The van der Waals surface area contributed by atoms with Gasteiger partial charge in [0, 0.05) is 11.9 Å². The van der Waals surface area contributed by atoms with E-state index in [4.69, 9.17) is 11.6 Å². The summed E-state index contributed by atoms with van der Waals surface area (Å²) in [5, 5.41) is 4.04. The van der Waals surface area contributed by atoms with Gasteiger partial charge in [-0.05, 0) is 48.0 Å². The molecule has 29 heavy (non-hydrogen) atoms. The van der Waals surface area contributed by atoms with E-state index in [9.17, 15) is 17.6 Å². The molecule has 2 aromatic carbocycles. The van der Waals surface area contributed by atoms with Crippen LogP contribution in [0, 0.1) is 5.82 Å². The number of hydrogen-bond acceptors (Lipinski definition) is 4. The Hall–Kier alpha value is -3.17. The van der Waals surface area contributed by atoms with Gasteiger partial charge in [0.25, 0.3) is 10.0 Å². The third kappa shape index (κ3) is 3.87. The fourth-order valence-corrected chi connectivity index (χ4v) is 4.46. The number of fused-ring (bicyclic) bond motifs is 1. The lowest BCUT2D eigenvalue weighted by molar-refractivity contribution is 0.599. The van der Waals surface area contributed by atoms with E-state index in [1.807, 2.05) is 0 Å². The number of sulfonamides is 1. The van der Waals surface area contributed by atoms with Gasteiger partial charge >= 0.3 is 5.69 Å². The van der Waals surface area contributed by atoms with Crippen LogP contribution in [0.5, 0.6) is 0 Å². The second-order valence-electron chi connectivity index (χ2n) is 6.25. The summed E-state index contributed by atoms with van der Waals surface area (Å²) in [7, 11) is -4.02. The normalized spacial score (nSPS) is 11.7. The maximum Gasteiger partial charge on any atom is 0.350 e. The molecule has 0 fully saturated rings. The number of pyridine rings is 1. The third-order valence-corrected chi connectivity index (χ3v) is 6.05. The standard InChI is InChI=1S/C19H14ClFN4O3S/c20-16-11-14(21)7-8-17(16)29(27,28)23-15-5-3-4-13(10-15)12-25-19(26)24-9-2-1-6-18(24)22-25/h1-11,23H,12H2. The number of hydrogen-bond donors (Lipinski definition) is 1. The summed E-state index contributed by atoms with van der Waals surface area (Å²) in [6, 6.07) is 14.8. The van der Waals surface area contributed by atoms with Gasteiger partial charge in [-0.15, -0.1) is 5.10 Å². The van der Waals surface area contributed by atoms with Gasteiger partial charge in [-0.1, -0.05) is 29.8 Å². The van der Waals surface area contributed by atoms with Gasteiger partial charge in [-0.3, -0.25) is 9.12 Å². The highest BCUT2D eigenvalue weighted by molar-refractivity contribution is 7.92. The molecule has 0 aliphatic carbocycles. The van der Waals surface area contributed by atoms with Crippen LogP contribution in [0.4, 0.5) is 10.1 Å². The lowest BCUT2D eigenvalue weighted by atomic mass is 10.2. The molecule has 0 aliphatic heterocycles. The van der Waals surface area contributed by atoms with Crippen molar-refractivity contribution in [3.8, 4) is 0 Å². The Morgan fingerprint density at radius 3 is 2.66 bits per heavy atom. The molecule has 0 saturated heterocycles. The van der Waals surface area contributed by atoms with Crippen molar-refractivity contribution in [3.05, 3.63) is 93.7 Å². The van der Waals surface area contributed by atoms with Crippen molar-refractivity contribution in [1.82, 2.24) is 14.2 Å². The van der Waals surface area contributed by atoms with Crippen molar-refractivity contribution in [3.63, 3.8) is 0 Å². The van der Waals surface area contributed by atoms with Crippen molar-refractivity contribution in [1.29, 1.82) is 0 Å². The van der Waals surface area contributed by atoms with Crippen molar-refractivity contribution < 1.29 is 12.8 Å². The largest absolute Gasteiger partial charge is 0.350 e. The molecule has 0 amide bonds. The summed E-state index contributed by atoms with van der Waals surface area (Å²) in [4.78, 5) is 12.2. The summed E-state index contributed by atoms with van der Waals surface area (Å²) < 4.78 is 43.5. The molecular formula is C19H14ClFN4O3S. The Morgan fingerprint density at radius 2 is 1.90 bits per heavy atom. The van der Waals surface area contributed by atoms with Crippen LogP contribution in [0.1, 0.15) is 5.56 Å². The van der Waals surface area contributed by atoms with Crippen molar-refractivity contribution in [2.24, 2.45) is 0 Å². The summed E-state index contributed by atoms with van der Waals surface area (Å²) in [5.74, 6) is -0.631. The van der Waals surface area contributed by atoms with Crippen LogP contribution in [-0.2, 0) is 16.6 Å². The number of nitrogens with zero attached hydrogens (tertiary/aromatic N) is 3. The molecule has 2 aromatic heterocycles. The number of aromatic nitrogens is 3. The molecule has 0 unspecified atom stereocenters. The predicted octanol–water partition coefficient (Wildman–Crippen LogP) is 3.14. The Kier molecular flexibility index (Phi) is 4.85. The Balaban J connectivity index is 1.61. The van der Waals surface area contributed by atoms with Gasteiger partial charge in [0.05, 0.1) is 11.6 Å². The van der Waals surface area contributed by atoms with Crippen LogP contribution < -0.4 is 10.4 Å². The van der Waals surface area contributed by atoms with Gasteiger partial charge in [-0.2, -0.15) is 0 Å². The first-order valence-electron chi connectivity index (χ1n) is 8.44. The maximum absolute atomic E-state index is 13.2. The molecular weight excluding hydrogens is 419 g/mol. The Bertz CT molecular complexity index is 1380. The fraction of sp³-hybridized carbons (Fsp3) is 0.0526. The van der Waals surface area contributed by atoms with E-state index in [2.05, 4.69) is 9.82 Å². The number of anilines is 1. The van der Waals surface area contributed by atoms with E-state index in [0.717, 1.165) is 18.2 Å². The molecule has 148 valence electrons. The highest BCUT2D eigenvalue weighted by atomic mass is 35.5. The van der Waals surface area contributed by atoms with Gasteiger partial charge in [-0.25, -0.2) is 22.3 Å². The zero-order valence-corrected chi connectivity index (χ0v) is 16.4. The van der Waals surface area contributed by atoms with Crippen LogP contribution in [0.15, 0.2) is 76.6 Å². The number of benzene rings is 2. The van der Waals surface area contributed by atoms with E-state index >= 15 is 0 Å². The van der Waals surface area contributed by atoms with Crippen molar-refractivity contribution in [2.45, 2.75) is 11.4 Å². The predicted molar refractivity (Wildman–Crippen MR) is 107 cm³/mol. The summed E-state index contributed by atoms with van der Waals surface area (Å²) in [5.41, 5.74) is 1.16. The maximum atomic E-state index is 13.2. The first kappa shape index (κ1) is 19.2. The van der Waals surface area contributed by atoms with E-state index < -0.39 is 15.8 Å². The number of halogens is 2. The minimum atomic E-state index is -4.02. The van der Waals surface area contributed by atoms with E-state index in [0.29, 0.717) is 11.2 Å². The first-order chi connectivity index (χ1) is 13.8. The van der Waals surface area contributed by atoms with Crippen LogP contribution in [-0.4, -0.2) is 22.6 Å². The van der Waals surface area contributed by atoms with Crippen LogP contribution >= 0.6 is 11.6 Å². The topological polar surface area (TPSA) is 85.5 Å². The Morgan fingerprint density at radius 1 is 1.07 bits per heavy atom. The summed E-state index contributed by atoms with van der Waals surface area (Å²) in [6.45, 7) is 0.160. The van der Waals surface area contributed by atoms with Gasteiger partial charge in [0.15, 0.2) is 5.65 Å². The number of rotatable bonds is 5. The van der Waals surface area contributed by atoms with E-state index in [1.165, 1.54) is 9.08 Å². The first-order valence-corrected chi connectivity index (χ1v) is 10.3. The van der Waals surface area contributed by atoms with Gasteiger partial charge in [0.2, 0.25) is 0 Å². The summed E-state index contributed by atoms with van der Waals surface area (Å²) in [6.07, 6.45) is 1.62. The van der Waals surface area contributed by atoms with E-state index in [-0.39, 0.29) is 27.8 Å². The lowest BCUT2D eigenvalue weighted by Crippen LogP contribution is -2.21. The molecule has 2 heterocycles. The molecule has 0 spiro atoms. The average molecular weight is 433 g/mol. The molecule has 0 bridgehead atoms. The highest BCUT2D eigenvalue weighted by Gasteiger charge is 2.19. The minimum Gasteiger partial charge on any atom is -0.280 e. The third-order valence-electron chi connectivity index (χ3n) is 4.18. The second-order valence-corrected chi connectivity index (χ2v) is 8.31. The molecule has 7 nitrogen and oxygen atoms in total. The summed E-state index contributed by atoms with van der Waals surface area (Å²) >= 11 is 5.87. The quantitative estimate of drug-likeness (QED) is 0.525. The molecule has 0 radical (unpaired) electrons. The van der Waals surface area contributed by atoms with Crippen LogP contribution in [0.25, 0.3) is 5.65 Å². The monoisotopic (exact) mass is 432 g/mol. The molecule has 4 aromatic rings. The molecule has 0 saturated carbocycles. The lowest BCUT2D eigenvalue weighted by Gasteiger charge is -2.11. The number of nitrogens with one attached hydrogen (secondary N) is 1. The molecule has 0 atom stereocenters. The SMILES string of the molecule is O=c1n(Cc2cccc(NS(=O)(=O)c3ccc(F)cc3Cl)c2)nc2ccccn12. The second kappa shape index (κ2) is 7.34. The van der Waals surface area contributed by atoms with Crippen LogP contribution in [0.2, 0.25) is 5.02 Å². The minimum absolute atomic E-state index is 0.160. The molecule has 10 heteroatoms. The Labute approximate surface area is 170 Å². The zero-order chi connectivity index (χ0) is 20.6. The molecule has 1 N–H and O–H groups in total. The molecule has 0 aliphatic rings. The van der Waals surface area contributed by atoms with Gasteiger partial charge < -0.3 is 0 Å².